The third kappa shape index (κ3) is 30.4. The number of hydrogen-bond donors (Lipinski definition) is 6. The fraction of sp³-hybridized carbons (Fsp3) is 0.851. The van der Waals surface area contributed by atoms with E-state index >= 15 is 0 Å². The highest BCUT2D eigenvalue weighted by atomic mass is 32.3. The first kappa shape index (κ1) is 56.3. The quantitative estimate of drug-likeness (QED) is 0.0149. The molecule has 12 nitrogen and oxygen atoms in total. The molecule has 0 aliphatic carbocycles. The molecule has 0 spiro atoms. The number of rotatable bonds is 40. The summed E-state index contributed by atoms with van der Waals surface area (Å²) in [6.07, 6.45) is 36.0. The molecule has 60 heavy (non-hydrogen) atoms. The van der Waals surface area contributed by atoms with Gasteiger partial charge in [0.1, 0.15) is 24.4 Å². The van der Waals surface area contributed by atoms with Crippen LogP contribution in [0.4, 0.5) is 0 Å². The molecule has 1 fully saturated rings. The summed E-state index contributed by atoms with van der Waals surface area (Å²) in [5, 5.41) is 44.7. The van der Waals surface area contributed by atoms with E-state index in [1.807, 2.05) is 6.08 Å². The number of aliphatic hydroxyl groups is 4. The summed E-state index contributed by atoms with van der Waals surface area (Å²) in [5.41, 5.74) is 0. The van der Waals surface area contributed by atoms with Crippen LogP contribution < -0.4 is 5.32 Å². The lowest BCUT2D eigenvalue weighted by molar-refractivity contribution is -0.298. The molecule has 0 radical (unpaired) electrons. The summed E-state index contributed by atoms with van der Waals surface area (Å²) in [6, 6.07) is -0.944. The predicted molar refractivity (Wildman–Crippen MR) is 241 cm³/mol. The lowest BCUT2D eigenvalue weighted by atomic mass is 9.99. The summed E-state index contributed by atoms with van der Waals surface area (Å²) >= 11 is 0. The van der Waals surface area contributed by atoms with Crippen LogP contribution in [0.25, 0.3) is 0 Å². The van der Waals surface area contributed by atoms with Gasteiger partial charge in [-0.1, -0.05) is 185 Å². The van der Waals surface area contributed by atoms with Crippen molar-refractivity contribution in [3.63, 3.8) is 0 Å². The third-order valence-corrected chi connectivity index (χ3v) is 11.7. The fourth-order valence-electron chi connectivity index (χ4n) is 7.44. The van der Waals surface area contributed by atoms with Gasteiger partial charge in [0.2, 0.25) is 5.91 Å². The molecule has 1 amide bonds. The highest BCUT2D eigenvalue weighted by Crippen LogP contribution is 2.26. The molecule has 0 aromatic rings. The molecule has 1 aliphatic heterocycles. The summed E-state index contributed by atoms with van der Waals surface area (Å²) < 4.78 is 47.6. The Hall–Kier alpha value is -1.68. The molecule has 6 N–H and O–H groups in total. The highest BCUT2D eigenvalue weighted by molar-refractivity contribution is 7.80. The van der Waals surface area contributed by atoms with Crippen molar-refractivity contribution in [2.45, 2.75) is 243 Å². The summed E-state index contributed by atoms with van der Waals surface area (Å²) in [4.78, 5) is 13.0. The number of carbonyl (C=O) groups excluding carboxylic acids is 1. The van der Waals surface area contributed by atoms with Gasteiger partial charge >= 0.3 is 10.4 Å². The summed E-state index contributed by atoms with van der Waals surface area (Å²) in [5.74, 6) is -0.267. The van der Waals surface area contributed by atoms with Crippen molar-refractivity contribution >= 4 is 16.3 Å². The largest absolute Gasteiger partial charge is 0.397 e. The number of aliphatic hydroxyl groups excluding tert-OH is 4. The Morgan fingerprint density at radius 2 is 1.10 bits per heavy atom. The predicted octanol–water partition coefficient (Wildman–Crippen LogP) is 9.50. The molecule has 0 bridgehead atoms. The van der Waals surface area contributed by atoms with Gasteiger partial charge in [0.05, 0.1) is 25.4 Å². The third-order valence-electron chi connectivity index (χ3n) is 11.2. The molecule has 1 rings (SSSR count). The number of unbranched alkanes of at least 4 members (excludes halogenated alkanes) is 25. The molecule has 13 heteroatoms. The van der Waals surface area contributed by atoms with Gasteiger partial charge in [-0.15, -0.1) is 0 Å². The Morgan fingerprint density at radius 1 is 0.667 bits per heavy atom. The van der Waals surface area contributed by atoms with Gasteiger partial charge in [-0.3, -0.25) is 9.35 Å². The number of allylic oxidation sites excluding steroid dienone is 5. The second kappa shape index (κ2) is 37.8. The van der Waals surface area contributed by atoms with Gasteiger partial charge in [0.25, 0.3) is 0 Å². The van der Waals surface area contributed by atoms with Gasteiger partial charge in [-0.25, -0.2) is 4.18 Å². The minimum Gasteiger partial charge on any atom is -0.394 e. The van der Waals surface area contributed by atoms with Crippen molar-refractivity contribution in [1.29, 1.82) is 0 Å². The van der Waals surface area contributed by atoms with E-state index in [2.05, 4.69) is 47.7 Å². The molecule has 0 aromatic carbocycles. The van der Waals surface area contributed by atoms with Gasteiger partial charge in [0.15, 0.2) is 6.29 Å². The zero-order chi connectivity index (χ0) is 44.1. The van der Waals surface area contributed by atoms with E-state index in [1.165, 1.54) is 128 Å². The van der Waals surface area contributed by atoms with Crippen molar-refractivity contribution in [3.05, 3.63) is 36.5 Å². The number of nitrogens with one attached hydrogen (secondary N) is 1. The van der Waals surface area contributed by atoms with E-state index in [1.54, 1.807) is 6.08 Å². The Bertz CT molecular complexity index is 1210. The Balaban J connectivity index is 2.49. The lowest BCUT2D eigenvalue weighted by Gasteiger charge is -2.41. The second-order valence-electron chi connectivity index (χ2n) is 16.7. The van der Waals surface area contributed by atoms with E-state index in [-0.39, 0.29) is 18.9 Å². The molecule has 1 heterocycles. The first-order chi connectivity index (χ1) is 29.0. The molecule has 352 valence electrons. The maximum atomic E-state index is 13.0. The normalized spacial score (nSPS) is 21.1. The average Bonchev–Trinajstić information content (AvgIpc) is 3.22. The molecule has 7 unspecified atom stereocenters. The Kier molecular flexibility index (Phi) is 35.5. The number of ether oxygens (including phenoxy) is 2. The maximum Gasteiger partial charge on any atom is 0.397 e. The molecule has 0 aromatic heterocycles. The number of hydrogen-bond acceptors (Lipinski definition) is 10. The van der Waals surface area contributed by atoms with Crippen molar-refractivity contribution in [3.8, 4) is 0 Å². The smallest absolute Gasteiger partial charge is 0.394 e. The molecular formula is C47H87NO11S. The maximum absolute atomic E-state index is 13.0. The van der Waals surface area contributed by atoms with Crippen LogP contribution in [0.1, 0.15) is 200 Å². The van der Waals surface area contributed by atoms with Gasteiger partial charge in [0, 0.05) is 6.42 Å². The first-order valence-electron chi connectivity index (χ1n) is 23.9. The number of carbonyl (C=O) groups is 1. The van der Waals surface area contributed by atoms with Crippen LogP contribution in [0.15, 0.2) is 36.5 Å². The fourth-order valence-corrected chi connectivity index (χ4v) is 7.95. The zero-order valence-corrected chi connectivity index (χ0v) is 38.3. The molecule has 0 saturated carbocycles. The molecular weight excluding hydrogens is 787 g/mol. The molecule has 1 aliphatic rings. The van der Waals surface area contributed by atoms with E-state index in [0.29, 0.717) is 6.42 Å². The zero-order valence-electron chi connectivity index (χ0n) is 37.5. The van der Waals surface area contributed by atoms with Crippen LogP contribution in [0.5, 0.6) is 0 Å². The van der Waals surface area contributed by atoms with Gasteiger partial charge in [-0.05, 0) is 44.9 Å². The Labute approximate surface area is 365 Å². The van der Waals surface area contributed by atoms with E-state index < -0.39 is 59.9 Å². The van der Waals surface area contributed by atoms with E-state index in [4.69, 9.17) is 9.47 Å². The van der Waals surface area contributed by atoms with Crippen LogP contribution in [-0.4, -0.2) is 95.4 Å². The van der Waals surface area contributed by atoms with Crippen molar-refractivity contribution < 1.29 is 51.8 Å². The van der Waals surface area contributed by atoms with Crippen LogP contribution in [0.3, 0.4) is 0 Å². The van der Waals surface area contributed by atoms with Crippen LogP contribution in [0.2, 0.25) is 0 Å². The van der Waals surface area contributed by atoms with Crippen molar-refractivity contribution in [2.75, 3.05) is 13.2 Å². The highest BCUT2D eigenvalue weighted by Gasteiger charge is 2.48. The summed E-state index contributed by atoms with van der Waals surface area (Å²) in [6.45, 7) is 3.35. The van der Waals surface area contributed by atoms with Crippen molar-refractivity contribution in [1.82, 2.24) is 5.32 Å². The van der Waals surface area contributed by atoms with E-state index in [0.717, 1.165) is 44.9 Å². The minimum atomic E-state index is -5.08. The van der Waals surface area contributed by atoms with Gasteiger partial charge < -0.3 is 35.2 Å². The Morgan fingerprint density at radius 3 is 1.58 bits per heavy atom. The minimum absolute atomic E-state index is 0.264. The standard InChI is InChI=1S/C47H87NO11S/c1-3-5-7-9-11-13-15-17-19-20-21-22-23-25-27-29-31-33-35-37-43(51)48-40(39-57-47-45(53)46(59-60(54,55)56)44(52)42(38-49)58-47)41(50)36-34-32-30-28-26-24-18-16-14-12-10-8-6-4-2/h11,13,15,17,34,36,40-42,44-47,49-50,52-53H,3-10,12,14,16,18-33,35,37-39H2,1-2H3,(H,48,51)(H,54,55,56)/b13-11-,17-15-,36-34+. The SMILES string of the molecule is CCCCC/C=C\C=C/CCCCCCCCCCCCC(=O)NC(COC1OC(CO)C(O)C(OS(=O)(=O)O)C1O)C(O)/C=C/CCCCCCCCCCCCCC. The second-order valence-corrected chi connectivity index (χ2v) is 17.8. The summed E-state index contributed by atoms with van der Waals surface area (Å²) in [7, 11) is -5.08. The monoisotopic (exact) mass is 874 g/mol. The lowest BCUT2D eigenvalue weighted by Crippen LogP contribution is -2.61. The van der Waals surface area contributed by atoms with Crippen LogP contribution in [0, 0.1) is 0 Å². The molecule has 1 saturated heterocycles. The van der Waals surface area contributed by atoms with E-state index in [9.17, 15) is 38.2 Å². The van der Waals surface area contributed by atoms with Crippen LogP contribution in [-0.2, 0) is 28.9 Å². The van der Waals surface area contributed by atoms with Crippen LogP contribution >= 0.6 is 0 Å². The van der Waals surface area contributed by atoms with Gasteiger partial charge in [-0.2, -0.15) is 8.42 Å². The topological polar surface area (TPSA) is 192 Å². The average molecular weight is 874 g/mol. The molecule has 7 atom stereocenters. The number of amides is 1. The van der Waals surface area contributed by atoms with Crippen molar-refractivity contribution in [2.24, 2.45) is 0 Å². The first-order valence-corrected chi connectivity index (χ1v) is 25.3.